The summed E-state index contributed by atoms with van der Waals surface area (Å²) in [6.45, 7) is 1.25. The molecule has 16 heavy (non-hydrogen) atoms. The average Bonchev–Trinajstić information content (AvgIpc) is 2.85. The lowest BCUT2D eigenvalue weighted by atomic mass is 10.2. The van der Waals surface area contributed by atoms with E-state index in [9.17, 15) is 13.2 Å². The first-order valence-corrected chi connectivity index (χ1v) is 5.76. The highest BCUT2D eigenvalue weighted by atomic mass is 32.1. The third kappa shape index (κ3) is 2.85. The molecular weight excluding hydrogens is 241 g/mol. The SMILES string of the molecule is FC(F)(F)c1cnc(NCC2CCCO2)s1. The molecule has 90 valence electrons. The Labute approximate surface area is 94.6 Å². The van der Waals surface area contributed by atoms with E-state index in [0.29, 0.717) is 23.0 Å². The molecule has 3 nitrogen and oxygen atoms in total. The van der Waals surface area contributed by atoms with Crippen LogP contribution in [0.2, 0.25) is 0 Å². The van der Waals surface area contributed by atoms with Gasteiger partial charge in [0.1, 0.15) is 4.88 Å². The van der Waals surface area contributed by atoms with Crippen molar-refractivity contribution in [2.45, 2.75) is 25.1 Å². The fraction of sp³-hybridized carbons (Fsp3) is 0.667. The van der Waals surface area contributed by atoms with Crippen LogP contribution in [0.4, 0.5) is 18.3 Å². The number of anilines is 1. The lowest BCUT2D eigenvalue weighted by Gasteiger charge is -2.09. The van der Waals surface area contributed by atoms with Crippen LogP contribution in [0.5, 0.6) is 0 Å². The maximum Gasteiger partial charge on any atom is 0.427 e. The monoisotopic (exact) mass is 252 g/mol. The number of alkyl halides is 3. The first-order valence-electron chi connectivity index (χ1n) is 4.94. The van der Waals surface area contributed by atoms with Crippen molar-refractivity contribution >= 4 is 16.5 Å². The first-order chi connectivity index (χ1) is 7.55. The molecular formula is C9H11F3N2OS. The predicted octanol–water partition coefficient (Wildman–Crippen LogP) is 2.75. The molecule has 1 N–H and O–H groups in total. The number of ether oxygens (including phenoxy) is 1. The van der Waals surface area contributed by atoms with E-state index in [2.05, 4.69) is 10.3 Å². The van der Waals surface area contributed by atoms with Crippen molar-refractivity contribution in [1.29, 1.82) is 0 Å². The molecule has 0 aliphatic carbocycles. The molecule has 0 bridgehead atoms. The van der Waals surface area contributed by atoms with Crippen molar-refractivity contribution in [2.24, 2.45) is 0 Å². The van der Waals surface area contributed by atoms with Gasteiger partial charge in [-0.15, -0.1) is 0 Å². The van der Waals surface area contributed by atoms with Gasteiger partial charge < -0.3 is 10.1 Å². The molecule has 1 unspecified atom stereocenters. The molecule has 1 aromatic heterocycles. The summed E-state index contributed by atoms with van der Waals surface area (Å²) in [6.07, 6.45) is -1.40. The standard InChI is InChI=1S/C9H11F3N2OS/c10-9(11,12)7-5-14-8(16-7)13-4-6-2-1-3-15-6/h5-6H,1-4H2,(H,13,14). The van der Waals surface area contributed by atoms with Crippen molar-refractivity contribution < 1.29 is 17.9 Å². The summed E-state index contributed by atoms with van der Waals surface area (Å²) in [4.78, 5) is 3.00. The second kappa shape index (κ2) is 4.58. The van der Waals surface area contributed by atoms with Gasteiger partial charge in [-0.2, -0.15) is 13.2 Å². The smallest absolute Gasteiger partial charge is 0.376 e. The highest BCUT2D eigenvalue weighted by Gasteiger charge is 2.33. The van der Waals surface area contributed by atoms with E-state index in [-0.39, 0.29) is 6.10 Å². The van der Waals surface area contributed by atoms with E-state index in [4.69, 9.17) is 4.74 Å². The van der Waals surface area contributed by atoms with Gasteiger partial charge >= 0.3 is 6.18 Å². The van der Waals surface area contributed by atoms with Gasteiger partial charge in [0.25, 0.3) is 0 Å². The van der Waals surface area contributed by atoms with Crippen molar-refractivity contribution in [2.75, 3.05) is 18.5 Å². The zero-order valence-corrected chi connectivity index (χ0v) is 9.20. The lowest BCUT2D eigenvalue weighted by molar-refractivity contribution is -0.134. The fourth-order valence-corrected chi connectivity index (χ4v) is 2.18. The van der Waals surface area contributed by atoms with Gasteiger partial charge in [-0.1, -0.05) is 11.3 Å². The topological polar surface area (TPSA) is 34.2 Å². The Morgan fingerprint density at radius 3 is 2.94 bits per heavy atom. The van der Waals surface area contributed by atoms with E-state index in [1.807, 2.05) is 0 Å². The molecule has 2 rings (SSSR count). The Morgan fingerprint density at radius 2 is 2.38 bits per heavy atom. The Hall–Kier alpha value is -0.820. The molecule has 0 radical (unpaired) electrons. The third-order valence-corrected chi connectivity index (χ3v) is 3.29. The summed E-state index contributed by atoms with van der Waals surface area (Å²) in [6, 6.07) is 0. The van der Waals surface area contributed by atoms with Crippen LogP contribution in [0.25, 0.3) is 0 Å². The number of hydrogen-bond acceptors (Lipinski definition) is 4. The maximum atomic E-state index is 12.3. The molecule has 1 fully saturated rings. The highest BCUT2D eigenvalue weighted by Crippen LogP contribution is 2.35. The van der Waals surface area contributed by atoms with Crippen molar-refractivity contribution in [3.8, 4) is 0 Å². The predicted molar refractivity (Wildman–Crippen MR) is 54.6 cm³/mol. The van der Waals surface area contributed by atoms with Gasteiger partial charge in [-0.25, -0.2) is 4.98 Å². The lowest BCUT2D eigenvalue weighted by Crippen LogP contribution is -2.18. The first kappa shape index (κ1) is 11.7. The quantitative estimate of drug-likeness (QED) is 0.898. The molecule has 0 aromatic carbocycles. The minimum Gasteiger partial charge on any atom is -0.376 e. The van der Waals surface area contributed by atoms with E-state index in [1.165, 1.54) is 0 Å². The second-order valence-electron chi connectivity index (χ2n) is 3.54. The second-order valence-corrected chi connectivity index (χ2v) is 4.57. The summed E-state index contributed by atoms with van der Waals surface area (Å²) in [5, 5.41) is 3.16. The largest absolute Gasteiger partial charge is 0.427 e. The van der Waals surface area contributed by atoms with Crippen molar-refractivity contribution in [1.82, 2.24) is 4.98 Å². The van der Waals surface area contributed by atoms with Crippen LogP contribution in [0, 0.1) is 0 Å². The zero-order valence-electron chi connectivity index (χ0n) is 8.38. The van der Waals surface area contributed by atoms with E-state index >= 15 is 0 Å². The van der Waals surface area contributed by atoms with Crippen LogP contribution < -0.4 is 5.32 Å². The number of rotatable bonds is 3. The molecule has 7 heteroatoms. The third-order valence-electron chi connectivity index (χ3n) is 2.29. The van der Waals surface area contributed by atoms with Gasteiger partial charge in [0, 0.05) is 13.2 Å². The van der Waals surface area contributed by atoms with Gasteiger partial charge in [-0.05, 0) is 12.8 Å². The fourth-order valence-electron chi connectivity index (χ4n) is 1.49. The molecule has 2 heterocycles. The number of nitrogens with zero attached hydrogens (tertiary/aromatic N) is 1. The normalized spacial score (nSPS) is 21.3. The minimum atomic E-state index is -4.30. The summed E-state index contributed by atoms with van der Waals surface area (Å²) in [7, 11) is 0. The van der Waals surface area contributed by atoms with Gasteiger partial charge in [0.2, 0.25) is 0 Å². The van der Waals surface area contributed by atoms with Gasteiger partial charge in [-0.3, -0.25) is 0 Å². The maximum absolute atomic E-state index is 12.3. The summed E-state index contributed by atoms with van der Waals surface area (Å²) in [5.74, 6) is 0. The van der Waals surface area contributed by atoms with Crippen LogP contribution in [0.3, 0.4) is 0 Å². The molecule has 1 aromatic rings. The zero-order chi connectivity index (χ0) is 11.6. The molecule has 0 spiro atoms. The molecule has 0 saturated carbocycles. The van der Waals surface area contributed by atoms with Crippen LogP contribution in [-0.4, -0.2) is 24.2 Å². The Balaban J connectivity index is 1.87. The van der Waals surface area contributed by atoms with Gasteiger partial charge in [0.05, 0.1) is 12.3 Å². The highest BCUT2D eigenvalue weighted by molar-refractivity contribution is 7.15. The molecule has 1 aliphatic rings. The summed E-state index contributed by atoms with van der Waals surface area (Å²) < 4.78 is 42.1. The Kier molecular flexibility index (Phi) is 3.34. The molecule has 1 saturated heterocycles. The number of halogens is 3. The Bertz CT molecular complexity index is 347. The molecule has 1 atom stereocenters. The van der Waals surface area contributed by atoms with E-state index in [1.54, 1.807) is 0 Å². The molecule has 1 aliphatic heterocycles. The summed E-state index contributed by atoms with van der Waals surface area (Å²) >= 11 is 0.620. The Morgan fingerprint density at radius 1 is 1.56 bits per heavy atom. The van der Waals surface area contributed by atoms with Crippen LogP contribution >= 0.6 is 11.3 Å². The van der Waals surface area contributed by atoms with E-state index in [0.717, 1.165) is 25.6 Å². The van der Waals surface area contributed by atoms with Crippen molar-refractivity contribution in [3.05, 3.63) is 11.1 Å². The van der Waals surface area contributed by atoms with E-state index < -0.39 is 11.1 Å². The average molecular weight is 252 g/mol. The molecule has 0 amide bonds. The number of aromatic nitrogens is 1. The van der Waals surface area contributed by atoms with Crippen LogP contribution in [-0.2, 0) is 10.9 Å². The van der Waals surface area contributed by atoms with Gasteiger partial charge in [0.15, 0.2) is 5.13 Å². The van der Waals surface area contributed by atoms with Crippen molar-refractivity contribution in [3.63, 3.8) is 0 Å². The number of hydrogen-bond donors (Lipinski definition) is 1. The number of nitrogens with one attached hydrogen (secondary N) is 1. The minimum absolute atomic E-state index is 0.0956. The number of thiazole rings is 1. The summed E-state index contributed by atoms with van der Waals surface area (Å²) in [5.41, 5.74) is 0. The van der Waals surface area contributed by atoms with Crippen LogP contribution in [0.1, 0.15) is 17.7 Å². The van der Waals surface area contributed by atoms with Crippen LogP contribution in [0.15, 0.2) is 6.20 Å².